The predicted molar refractivity (Wildman–Crippen MR) is 95.3 cm³/mol. The zero-order chi connectivity index (χ0) is 18.8. The van der Waals surface area contributed by atoms with Gasteiger partial charge in [-0.3, -0.25) is 19.7 Å². The van der Waals surface area contributed by atoms with E-state index < -0.39 is 11.8 Å². The second-order valence-corrected chi connectivity index (χ2v) is 6.69. The third-order valence-corrected chi connectivity index (χ3v) is 4.57. The van der Waals surface area contributed by atoms with Crippen LogP contribution in [-0.4, -0.2) is 47.9 Å². The number of para-hydroxylation sites is 1. The lowest BCUT2D eigenvalue weighted by Gasteiger charge is -2.16. The van der Waals surface area contributed by atoms with E-state index in [1.54, 1.807) is 20.2 Å². The van der Waals surface area contributed by atoms with Crippen LogP contribution in [0.2, 0.25) is 0 Å². The molecule has 1 heterocycles. The summed E-state index contributed by atoms with van der Waals surface area (Å²) in [6.45, 7) is 0. The highest BCUT2D eigenvalue weighted by Crippen LogP contribution is 2.30. The summed E-state index contributed by atoms with van der Waals surface area (Å²) in [5.41, 5.74) is 0.510. The molecule has 0 atom stereocenters. The lowest BCUT2D eigenvalue weighted by molar-refractivity contribution is -0.124. The molecule has 3 amide bonds. The zero-order valence-corrected chi connectivity index (χ0v) is 14.8. The van der Waals surface area contributed by atoms with Gasteiger partial charge in [0.15, 0.2) is 5.75 Å². The van der Waals surface area contributed by atoms with Crippen LogP contribution in [0.1, 0.15) is 36.0 Å². The van der Waals surface area contributed by atoms with E-state index in [4.69, 9.17) is 0 Å². The minimum Gasteiger partial charge on any atom is -0.505 e. The summed E-state index contributed by atoms with van der Waals surface area (Å²) in [5, 5.41) is 18.6. The van der Waals surface area contributed by atoms with Crippen LogP contribution in [0.4, 0.5) is 5.69 Å². The van der Waals surface area contributed by atoms with E-state index in [-0.39, 0.29) is 40.3 Å². The largest absolute Gasteiger partial charge is 0.505 e. The lowest BCUT2D eigenvalue weighted by atomic mass is 10.1. The number of benzene rings is 1. The maximum atomic E-state index is 12.2. The van der Waals surface area contributed by atoms with Crippen molar-refractivity contribution in [2.75, 3.05) is 19.4 Å². The number of aromatic hydroxyl groups is 1. The van der Waals surface area contributed by atoms with Crippen LogP contribution < -0.4 is 16.0 Å². The van der Waals surface area contributed by atoms with Crippen molar-refractivity contribution in [3.8, 4) is 5.75 Å². The SMILES string of the molecule is CN(C)C(=O)c1cccc(NC2=C(NC3CCCC3)C(=O)NC2=O)c1O. The third-order valence-electron chi connectivity index (χ3n) is 4.57. The summed E-state index contributed by atoms with van der Waals surface area (Å²) in [6.07, 6.45) is 4.05. The van der Waals surface area contributed by atoms with Gasteiger partial charge in [-0.1, -0.05) is 18.9 Å². The average molecular weight is 358 g/mol. The van der Waals surface area contributed by atoms with Crippen molar-refractivity contribution in [2.45, 2.75) is 31.7 Å². The molecule has 2 aliphatic rings. The number of imide groups is 1. The minimum atomic E-state index is -0.570. The number of nitrogens with zero attached hydrogens (tertiary/aromatic N) is 1. The molecule has 0 radical (unpaired) electrons. The van der Waals surface area contributed by atoms with Gasteiger partial charge in [0.1, 0.15) is 11.4 Å². The molecule has 1 aromatic rings. The first-order valence-corrected chi connectivity index (χ1v) is 8.55. The van der Waals surface area contributed by atoms with Gasteiger partial charge in [-0.05, 0) is 25.0 Å². The Morgan fingerprint density at radius 3 is 2.46 bits per heavy atom. The van der Waals surface area contributed by atoms with Crippen molar-refractivity contribution in [3.63, 3.8) is 0 Å². The van der Waals surface area contributed by atoms with Crippen molar-refractivity contribution in [1.82, 2.24) is 15.5 Å². The first kappa shape index (κ1) is 17.8. The van der Waals surface area contributed by atoms with Crippen LogP contribution in [0.25, 0.3) is 0 Å². The quantitative estimate of drug-likeness (QED) is 0.460. The molecule has 138 valence electrons. The second kappa shape index (κ2) is 7.07. The van der Waals surface area contributed by atoms with Gasteiger partial charge in [0, 0.05) is 20.1 Å². The molecule has 26 heavy (non-hydrogen) atoms. The topological polar surface area (TPSA) is 111 Å². The van der Waals surface area contributed by atoms with E-state index in [0.29, 0.717) is 0 Å². The van der Waals surface area contributed by atoms with Crippen molar-refractivity contribution < 1.29 is 19.5 Å². The van der Waals surface area contributed by atoms with Crippen molar-refractivity contribution in [3.05, 3.63) is 35.2 Å². The third kappa shape index (κ3) is 3.35. The number of anilines is 1. The second-order valence-electron chi connectivity index (χ2n) is 6.69. The van der Waals surface area contributed by atoms with Gasteiger partial charge in [-0.25, -0.2) is 0 Å². The number of carbonyl (C=O) groups is 3. The van der Waals surface area contributed by atoms with Crippen molar-refractivity contribution in [1.29, 1.82) is 0 Å². The van der Waals surface area contributed by atoms with Crippen molar-refractivity contribution >= 4 is 23.4 Å². The summed E-state index contributed by atoms with van der Waals surface area (Å²) in [7, 11) is 3.16. The van der Waals surface area contributed by atoms with E-state index in [2.05, 4.69) is 16.0 Å². The molecule has 3 rings (SSSR count). The monoisotopic (exact) mass is 358 g/mol. The number of hydrogen-bond donors (Lipinski definition) is 4. The molecule has 1 aliphatic carbocycles. The van der Waals surface area contributed by atoms with Gasteiger partial charge in [0.05, 0.1) is 11.3 Å². The van der Waals surface area contributed by atoms with Crippen LogP contribution in [0, 0.1) is 0 Å². The molecule has 0 unspecified atom stereocenters. The molecule has 0 saturated heterocycles. The molecule has 8 heteroatoms. The first-order chi connectivity index (χ1) is 12.4. The van der Waals surface area contributed by atoms with E-state index in [9.17, 15) is 19.5 Å². The summed E-state index contributed by atoms with van der Waals surface area (Å²) in [4.78, 5) is 37.8. The van der Waals surface area contributed by atoms with E-state index in [1.165, 1.54) is 17.0 Å². The van der Waals surface area contributed by atoms with Gasteiger partial charge in [-0.15, -0.1) is 0 Å². The number of hydrogen-bond acceptors (Lipinski definition) is 6. The summed E-state index contributed by atoms with van der Waals surface area (Å²) in [6, 6.07) is 4.78. The molecule has 8 nitrogen and oxygen atoms in total. The molecular weight excluding hydrogens is 336 g/mol. The molecule has 1 aliphatic heterocycles. The Balaban J connectivity index is 1.91. The zero-order valence-electron chi connectivity index (χ0n) is 14.8. The van der Waals surface area contributed by atoms with Gasteiger partial charge >= 0.3 is 0 Å². The Hall–Kier alpha value is -3.03. The smallest absolute Gasteiger partial charge is 0.276 e. The molecule has 0 bridgehead atoms. The van der Waals surface area contributed by atoms with Crippen LogP contribution in [-0.2, 0) is 9.59 Å². The summed E-state index contributed by atoms with van der Waals surface area (Å²) < 4.78 is 0. The Kier molecular flexibility index (Phi) is 4.83. The fourth-order valence-electron chi connectivity index (χ4n) is 3.18. The first-order valence-electron chi connectivity index (χ1n) is 8.55. The Bertz CT molecular complexity index is 794. The number of nitrogens with one attached hydrogen (secondary N) is 3. The number of phenols is 1. The molecule has 1 aromatic carbocycles. The molecule has 0 spiro atoms. The molecular formula is C18H22N4O4. The maximum Gasteiger partial charge on any atom is 0.276 e. The molecule has 4 N–H and O–H groups in total. The van der Waals surface area contributed by atoms with Crippen LogP contribution in [0.5, 0.6) is 5.75 Å². The number of amides is 3. The van der Waals surface area contributed by atoms with E-state index >= 15 is 0 Å². The van der Waals surface area contributed by atoms with Gasteiger partial charge in [0.25, 0.3) is 17.7 Å². The standard InChI is InChI=1S/C18H22N4O4/c1-22(2)18(26)11-8-5-9-12(15(11)23)20-14-13(16(24)21-17(14)25)19-10-6-3-4-7-10/h5,8-10,23H,3-4,6-7H2,1-2H3,(H3,19,20,21,24,25). The average Bonchev–Trinajstić information content (AvgIpc) is 3.19. The van der Waals surface area contributed by atoms with Gasteiger partial charge < -0.3 is 20.6 Å². The lowest BCUT2D eigenvalue weighted by Crippen LogP contribution is -2.32. The predicted octanol–water partition coefficient (Wildman–Crippen LogP) is 0.906. The van der Waals surface area contributed by atoms with E-state index in [0.717, 1.165) is 25.7 Å². The molecule has 0 aromatic heterocycles. The van der Waals surface area contributed by atoms with Gasteiger partial charge in [-0.2, -0.15) is 0 Å². The number of carbonyl (C=O) groups excluding carboxylic acids is 3. The molecule has 1 fully saturated rings. The highest BCUT2D eigenvalue weighted by atomic mass is 16.3. The normalized spacial score (nSPS) is 17.5. The van der Waals surface area contributed by atoms with Crippen LogP contribution >= 0.6 is 0 Å². The Morgan fingerprint density at radius 2 is 1.81 bits per heavy atom. The number of phenolic OH excluding ortho intramolecular Hbond substituents is 1. The van der Waals surface area contributed by atoms with Crippen LogP contribution in [0.15, 0.2) is 29.6 Å². The summed E-state index contributed by atoms with van der Waals surface area (Å²) >= 11 is 0. The number of rotatable bonds is 5. The highest BCUT2D eigenvalue weighted by Gasteiger charge is 2.33. The highest BCUT2D eigenvalue weighted by molar-refractivity contribution is 6.20. The fourth-order valence-corrected chi connectivity index (χ4v) is 3.18. The Morgan fingerprint density at radius 1 is 1.15 bits per heavy atom. The maximum absolute atomic E-state index is 12.2. The Labute approximate surface area is 151 Å². The van der Waals surface area contributed by atoms with E-state index in [1.807, 2.05) is 0 Å². The molecule has 1 saturated carbocycles. The fraction of sp³-hybridized carbons (Fsp3) is 0.389. The minimum absolute atomic E-state index is 0.0478. The summed E-state index contributed by atoms with van der Waals surface area (Å²) in [5.74, 6) is -1.70. The van der Waals surface area contributed by atoms with Gasteiger partial charge in [0.2, 0.25) is 0 Å². The van der Waals surface area contributed by atoms with Crippen molar-refractivity contribution in [2.24, 2.45) is 0 Å². The van der Waals surface area contributed by atoms with Crippen LogP contribution in [0.3, 0.4) is 0 Å².